The molecule has 1 aromatic heterocycles. The normalized spacial score (nSPS) is 12.2. The first-order valence-corrected chi connectivity index (χ1v) is 5.00. The molecule has 0 aliphatic heterocycles. The highest BCUT2D eigenvalue weighted by Gasteiger charge is 2.39. The number of hydrogen-bond acceptors (Lipinski definition) is 2. The average Bonchev–Trinajstić information content (AvgIpc) is 2.14. The van der Waals surface area contributed by atoms with Crippen LogP contribution in [0, 0.1) is 3.70 Å². The Labute approximate surface area is 101 Å². The third-order valence-corrected chi connectivity index (χ3v) is 2.32. The van der Waals surface area contributed by atoms with Crippen LogP contribution in [-0.2, 0) is 12.8 Å². The van der Waals surface area contributed by atoms with Gasteiger partial charge in [-0.25, -0.2) is 13.8 Å². The highest BCUT2D eigenvalue weighted by atomic mass is 127. The summed E-state index contributed by atoms with van der Waals surface area (Å²) in [6, 6.07) is 0.997. The van der Waals surface area contributed by atoms with Crippen LogP contribution >= 0.6 is 22.6 Å². The van der Waals surface area contributed by atoms with Gasteiger partial charge in [-0.3, -0.25) is 0 Å². The Morgan fingerprint density at radius 3 is 2.31 bits per heavy atom. The van der Waals surface area contributed by atoms with E-state index in [2.05, 4.69) is 4.98 Å². The van der Waals surface area contributed by atoms with Gasteiger partial charge in [0.2, 0.25) is 0 Å². The van der Waals surface area contributed by atoms with E-state index in [1.54, 1.807) is 0 Å². The van der Waals surface area contributed by atoms with E-state index in [-0.39, 0.29) is 3.70 Å². The molecule has 90 valence electrons. The number of nitrogens with zero attached hydrogens (tertiary/aromatic N) is 1. The summed E-state index contributed by atoms with van der Waals surface area (Å²) in [6.07, 6.45) is -8.29. The highest BCUT2D eigenvalue weighted by molar-refractivity contribution is 14.1. The number of aliphatic hydroxyl groups excluding tert-OH is 1. The molecule has 2 nitrogen and oxygen atoms in total. The molecular weight excluding hydrogens is 348 g/mol. The Balaban J connectivity index is 3.51. The van der Waals surface area contributed by atoms with E-state index in [0.717, 1.165) is 6.07 Å². The lowest BCUT2D eigenvalue weighted by molar-refractivity contribution is -0.143. The monoisotopic (exact) mass is 353 g/mol. The molecule has 1 rings (SSSR count). The predicted molar refractivity (Wildman–Crippen MR) is 52.8 cm³/mol. The zero-order valence-electron chi connectivity index (χ0n) is 7.52. The summed E-state index contributed by atoms with van der Waals surface area (Å²) in [4.78, 5) is 3.04. The maximum atomic E-state index is 12.5. The van der Waals surface area contributed by atoms with Crippen LogP contribution in [0.1, 0.15) is 23.2 Å². The van der Waals surface area contributed by atoms with Crippen molar-refractivity contribution in [2.45, 2.75) is 19.2 Å². The van der Waals surface area contributed by atoms with Gasteiger partial charge in [0.1, 0.15) is 3.70 Å². The lowest BCUT2D eigenvalue weighted by Crippen LogP contribution is -2.15. The van der Waals surface area contributed by atoms with Crippen LogP contribution in [0.5, 0.6) is 0 Å². The number of rotatable bonds is 2. The molecular formula is C8H5F5INO. The fourth-order valence-corrected chi connectivity index (χ4v) is 1.78. The van der Waals surface area contributed by atoms with E-state index in [1.807, 2.05) is 0 Å². The first-order valence-electron chi connectivity index (χ1n) is 3.93. The van der Waals surface area contributed by atoms with Crippen LogP contribution in [0.15, 0.2) is 6.07 Å². The van der Waals surface area contributed by atoms with Gasteiger partial charge in [-0.05, 0) is 34.2 Å². The minimum Gasteiger partial charge on any atom is -0.392 e. The van der Waals surface area contributed by atoms with E-state index in [9.17, 15) is 22.0 Å². The molecule has 0 spiro atoms. The second-order valence-corrected chi connectivity index (χ2v) is 3.93. The quantitative estimate of drug-likeness (QED) is 0.504. The predicted octanol–water partition coefficient (Wildman–Crippen LogP) is 3.13. The second-order valence-electron chi connectivity index (χ2n) is 2.82. The lowest BCUT2D eigenvalue weighted by Gasteiger charge is -2.14. The third-order valence-electron chi connectivity index (χ3n) is 1.77. The van der Waals surface area contributed by atoms with E-state index in [0.29, 0.717) is 0 Å². The van der Waals surface area contributed by atoms with Crippen molar-refractivity contribution in [1.82, 2.24) is 4.98 Å². The minimum absolute atomic E-state index is 0.0987. The molecule has 16 heavy (non-hydrogen) atoms. The van der Waals surface area contributed by atoms with E-state index in [4.69, 9.17) is 5.11 Å². The molecule has 0 radical (unpaired) electrons. The molecule has 8 heteroatoms. The Kier molecular flexibility index (Phi) is 4.05. The Hall–Kier alpha value is -0.510. The van der Waals surface area contributed by atoms with Crippen molar-refractivity contribution < 1.29 is 27.1 Å². The second kappa shape index (κ2) is 4.78. The van der Waals surface area contributed by atoms with Crippen molar-refractivity contribution in [2.24, 2.45) is 0 Å². The molecule has 1 heterocycles. The number of halogens is 6. The smallest absolute Gasteiger partial charge is 0.392 e. The molecule has 0 aromatic carbocycles. The van der Waals surface area contributed by atoms with Crippen molar-refractivity contribution in [1.29, 1.82) is 0 Å². The summed E-state index contributed by atoms with van der Waals surface area (Å²) in [5.41, 5.74) is -3.35. The standard InChI is InChI=1S/C8H5F5INO/c9-7(10)5-3(2-16)1-4(14)15-6(5)8(11,12)13/h1,7,16H,2H2. The summed E-state index contributed by atoms with van der Waals surface area (Å²) >= 11 is 1.47. The van der Waals surface area contributed by atoms with Crippen molar-refractivity contribution in [2.75, 3.05) is 0 Å². The topological polar surface area (TPSA) is 33.1 Å². The number of aliphatic hydroxyl groups is 1. The van der Waals surface area contributed by atoms with Gasteiger partial charge in [0, 0.05) is 0 Å². The van der Waals surface area contributed by atoms with E-state index >= 15 is 0 Å². The van der Waals surface area contributed by atoms with Gasteiger partial charge >= 0.3 is 6.18 Å². The molecule has 0 fully saturated rings. The summed E-state index contributed by atoms with van der Waals surface area (Å²) < 4.78 is 62.1. The van der Waals surface area contributed by atoms with Crippen molar-refractivity contribution in [3.05, 3.63) is 26.6 Å². The van der Waals surface area contributed by atoms with Crippen molar-refractivity contribution >= 4 is 22.6 Å². The molecule has 1 aromatic rings. The van der Waals surface area contributed by atoms with E-state index < -0.39 is 36.0 Å². The maximum Gasteiger partial charge on any atom is 0.433 e. The number of aromatic nitrogens is 1. The lowest BCUT2D eigenvalue weighted by atomic mass is 10.1. The van der Waals surface area contributed by atoms with Gasteiger partial charge in [0.25, 0.3) is 6.43 Å². The van der Waals surface area contributed by atoms with Crippen molar-refractivity contribution in [3.63, 3.8) is 0 Å². The molecule has 0 aliphatic rings. The largest absolute Gasteiger partial charge is 0.433 e. The highest BCUT2D eigenvalue weighted by Crippen LogP contribution is 2.37. The molecule has 0 saturated heterocycles. The van der Waals surface area contributed by atoms with Gasteiger partial charge in [0.05, 0.1) is 12.2 Å². The molecule has 0 saturated carbocycles. The molecule has 0 bridgehead atoms. The number of hydrogen-bond donors (Lipinski definition) is 1. The Bertz CT molecular complexity index is 393. The maximum absolute atomic E-state index is 12.5. The molecule has 1 N–H and O–H groups in total. The molecule has 0 atom stereocenters. The Morgan fingerprint density at radius 1 is 1.38 bits per heavy atom. The zero-order valence-corrected chi connectivity index (χ0v) is 9.68. The Morgan fingerprint density at radius 2 is 1.94 bits per heavy atom. The van der Waals surface area contributed by atoms with Crippen LogP contribution in [0.3, 0.4) is 0 Å². The molecule has 0 aliphatic carbocycles. The summed E-state index contributed by atoms with van der Waals surface area (Å²) in [6.45, 7) is -0.888. The van der Waals surface area contributed by atoms with Crippen LogP contribution in [-0.4, -0.2) is 10.1 Å². The van der Waals surface area contributed by atoms with Gasteiger partial charge in [0.15, 0.2) is 5.69 Å². The minimum atomic E-state index is -4.96. The van der Waals surface area contributed by atoms with E-state index in [1.165, 1.54) is 22.6 Å². The zero-order chi connectivity index (χ0) is 12.5. The van der Waals surface area contributed by atoms with Crippen LogP contribution in [0.2, 0.25) is 0 Å². The first kappa shape index (κ1) is 13.6. The van der Waals surface area contributed by atoms with Crippen LogP contribution < -0.4 is 0 Å². The number of pyridine rings is 1. The number of alkyl halides is 5. The summed E-state index contributed by atoms with van der Waals surface area (Å²) in [7, 11) is 0. The van der Waals surface area contributed by atoms with Crippen LogP contribution in [0.25, 0.3) is 0 Å². The SMILES string of the molecule is OCc1cc(I)nc(C(F)(F)F)c1C(F)F. The summed E-state index contributed by atoms with van der Waals surface area (Å²) in [5, 5.41) is 8.75. The fraction of sp³-hybridized carbons (Fsp3) is 0.375. The van der Waals surface area contributed by atoms with Gasteiger partial charge in [-0.1, -0.05) is 0 Å². The van der Waals surface area contributed by atoms with Gasteiger partial charge < -0.3 is 5.11 Å². The average molecular weight is 353 g/mol. The molecule has 0 unspecified atom stereocenters. The van der Waals surface area contributed by atoms with Gasteiger partial charge in [-0.15, -0.1) is 0 Å². The third kappa shape index (κ3) is 2.78. The molecule has 0 amide bonds. The van der Waals surface area contributed by atoms with Crippen LogP contribution in [0.4, 0.5) is 22.0 Å². The fourth-order valence-electron chi connectivity index (χ4n) is 1.16. The van der Waals surface area contributed by atoms with Crippen molar-refractivity contribution in [3.8, 4) is 0 Å². The first-order chi connectivity index (χ1) is 7.27. The summed E-state index contributed by atoms with van der Waals surface area (Å²) in [5.74, 6) is 0. The van der Waals surface area contributed by atoms with Gasteiger partial charge in [-0.2, -0.15) is 13.2 Å².